The van der Waals surface area contributed by atoms with Crippen LogP contribution in [-0.2, 0) is 0 Å². The van der Waals surface area contributed by atoms with Gasteiger partial charge in [0.05, 0.1) is 17.9 Å². The summed E-state index contributed by atoms with van der Waals surface area (Å²) < 4.78 is 7.46. The van der Waals surface area contributed by atoms with Gasteiger partial charge in [-0.1, -0.05) is 36.0 Å². The first-order valence-corrected chi connectivity index (χ1v) is 8.59. The predicted octanol–water partition coefficient (Wildman–Crippen LogP) is 0.307. The smallest absolute Gasteiger partial charge is 0.230 e. The van der Waals surface area contributed by atoms with Crippen LogP contribution in [0.15, 0.2) is 30.3 Å². The van der Waals surface area contributed by atoms with E-state index in [2.05, 4.69) is 18.4 Å². The number of rotatable bonds is 4. The van der Waals surface area contributed by atoms with Gasteiger partial charge in [0, 0.05) is 17.7 Å². The van der Waals surface area contributed by atoms with Crippen LogP contribution in [0.5, 0.6) is 11.5 Å². The lowest BCUT2D eigenvalue weighted by molar-refractivity contribution is -0.491. The largest absolute Gasteiger partial charge is 1.00 e. The summed E-state index contributed by atoms with van der Waals surface area (Å²) in [5.74, 6) is 1.35. The molecule has 2 aromatic carbocycles. The highest BCUT2D eigenvalue weighted by molar-refractivity contribution is 8.00. The lowest BCUT2D eigenvalue weighted by Gasteiger charge is -2.11. The molecule has 0 saturated heterocycles. The molecule has 1 aliphatic rings. The molecule has 0 aromatic heterocycles. The molecule has 128 valence electrons. The van der Waals surface area contributed by atoms with Gasteiger partial charge >= 0.3 is 0 Å². The minimum absolute atomic E-state index is 0. The zero-order valence-electron chi connectivity index (χ0n) is 13.9. The quantitative estimate of drug-likeness (QED) is 0.583. The van der Waals surface area contributed by atoms with Gasteiger partial charge in [0.15, 0.2) is 11.6 Å². The van der Waals surface area contributed by atoms with Gasteiger partial charge in [0.2, 0.25) is 12.3 Å². The summed E-state index contributed by atoms with van der Waals surface area (Å²) in [6.45, 7) is 4.47. The highest BCUT2D eigenvalue weighted by atomic mass is 79.9. The lowest BCUT2D eigenvalue weighted by Crippen LogP contribution is -3.00. The summed E-state index contributed by atoms with van der Waals surface area (Å²) in [6.07, 6.45) is 0. The Labute approximate surface area is 156 Å². The number of phenols is 1. The first-order chi connectivity index (χ1) is 11.0. The van der Waals surface area contributed by atoms with Gasteiger partial charge in [-0.25, -0.2) is 4.58 Å². The molecule has 1 heterocycles. The second kappa shape index (κ2) is 7.57. The van der Waals surface area contributed by atoms with E-state index in [0.717, 1.165) is 11.3 Å². The zero-order chi connectivity index (χ0) is 16.6. The Morgan fingerprint density at radius 2 is 2.04 bits per heavy atom. The summed E-state index contributed by atoms with van der Waals surface area (Å²) in [5.41, 5.74) is 1.52. The number of fused-ring (bicyclic) bond motifs is 1. The summed E-state index contributed by atoms with van der Waals surface area (Å²) in [4.78, 5) is 12.7. The number of hydrogen-bond donors (Lipinski definition) is 1. The number of thioether (sulfide) groups is 1. The Bertz CT molecular complexity index is 819. The Morgan fingerprint density at radius 3 is 2.62 bits per heavy atom. The molecule has 0 bridgehead atoms. The van der Waals surface area contributed by atoms with Crippen molar-refractivity contribution in [2.24, 2.45) is 0 Å². The van der Waals surface area contributed by atoms with Crippen LogP contribution in [0.4, 0.5) is 0 Å². The van der Waals surface area contributed by atoms with Crippen LogP contribution in [0.25, 0.3) is 10.8 Å². The fourth-order valence-corrected chi connectivity index (χ4v) is 3.91. The van der Waals surface area contributed by atoms with Crippen molar-refractivity contribution in [3.8, 4) is 11.5 Å². The number of nitrogens with zero attached hydrogens (tertiary/aromatic N) is 1. The molecular formula is C18H20BrNO3S. The topological polar surface area (TPSA) is 49.5 Å². The molecule has 6 heteroatoms. The number of phenolic OH excluding ortho intramolecular Hbond substituents is 1. The van der Waals surface area contributed by atoms with Gasteiger partial charge in [-0.15, -0.1) is 0 Å². The average molecular weight is 410 g/mol. The predicted molar refractivity (Wildman–Crippen MR) is 94.2 cm³/mol. The van der Waals surface area contributed by atoms with Crippen LogP contribution in [0, 0.1) is 0 Å². The van der Waals surface area contributed by atoms with Gasteiger partial charge in [0.1, 0.15) is 11.5 Å². The zero-order valence-corrected chi connectivity index (χ0v) is 16.3. The van der Waals surface area contributed by atoms with Crippen molar-refractivity contribution in [2.75, 3.05) is 19.5 Å². The Hall–Kier alpha value is -1.53. The van der Waals surface area contributed by atoms with Crippen molar-refractivity contribution in [3.63, 3.8) is 0 Å². The average Bonchev–Trinajstić information content (AvgIpc) is 2.87. The lowest BCUT2D eigenvalue weighted by atomic mass is 10.0. The number of Topliss-reactive ketones (excluding diaryl/α,β-unsaturated/α-hetero) is 1. The molecule has 0 amide bonds. The molecule has 3 rings (SSSR count). The molecule has 0 fully saturated rings. The van der Waals surface area contributed by atoms with Gasteiger partial charge < -0.3 is 26.8 Å². The number of ketones is 1. The van der Waals surface area contributed by atoms with Crippen LogP contribution < -0.4 is 21.7 Å². The SMILES string of the molecule is COc1cc(C(=O)C[N+]2=C(C)C(C)SC2)c(O)c2ccccc12.[Br-]. The summed E-state index contributed by atoms with van der Waals surface area (Å²) in [5, 5.41) is 12.4. The van der Waals surface area contributed by atoms with E-state index >= 15 is 0 Å². The standard InChI is InChI=1S/C18H19NO3S.BrH/c1-11-12(2)23-10-19(11)9-16(20)15-8-17(22-3)13-6-4-5-7-14(13)18(15)21;/h4-8,12H,9-10H2,1-3H3;1H. The molecule has 0 aliphatic carbocycles. The normalized spacial score (nSPS) is 17.0. The Kier molecular flexibility index (Phi) is 5.93. The van der Waals surface area contributed by atoms with Crippen molar-refractivity contribution in [2.45, 2.75) is 19.1 Å². The van der Waals surface area contributed by atoms with E-state index in [1.807, 2.05) is 30.0 Å². The van der Waals surface area contributed by atoms with Crippen LogP contribution in [0.2, 0.25) is 0 Å². The maximum atomic E-state index is 12.7. The molecule has 0 saturated carbocycles. The van der Waals surface area contributed by atoms with E-state index in [0.29, 0.717) is 21.9 Å². The van der Waals surface area contributed by atoms with Crippen LogP contribution in [0.3, 0.4) is 0 Å². The number of carbonyl (C=O) groups is 1. The number of benzene rings is 2. The highest BCUT2D eigenvalue weighted by Crippen LogP contribution is 2.36. The summed E-state index contributed by atoms with van der Waals surface area (Å²) >= 11 is 1.81. The molecule has 1 N–H and O–H groups in total. The molecule has 1 unspecified atom stereocenters. The Morgan fingerprint density at radius 1 is 1.38 bits per heavy atom. The van der Waals surface area contributed by atoms with Crippen molar-refractivity contribution in [1.29, 1.82) is 0 Å². The van der Waals surface area contributed by atoms with Gasteiger partial charge in [-0.2, -0.15) is 0 Å². The minimum Gasteiger partial charge on any atom is -1.00 e. The number of methoxy groups -OCH3 is 1. The third kappa shape index (κ3) is 3.30. The van der Waals surface area contributed by atoms with Crippen molar-refractivity contribution in [1.82, 2.24) is 0 Å². The van der Waals surface area contributed by atoms with Crippen molar-refractivity contribution >= 4 is 34.0 Å². The molecule has 1 aliphatic heterocycles. The molecule has 0 radical (unpaired) electrons. The fourth-order valence-electron chi connectivity index (χ4n) is 2.82. The van der Waals surface area contributed by atoms with E-state index in [-0.39, 0.29) is 35.1 Å². The minimum atomic E-state index is -0.0967. The number of ether oxygens (including phenoxy) is 1. The highest BCUT2D eigenvalue weighted by Gasteiger charge is 2.29. The first-order valence-electron chi connectivity index (χ1n) is 7.54. The van der Waals surface area contributed by atoms with Gasteiger partial charge in [-0.3, -0.25) is 4.79 Å². The Balaban J connectivity index is 0.00000208. The third-order valence-corrected chi connectivity index (χ3v) is 5.70. The summed E-state index contributed by atoms with van der Waals surface area (Å²) in [7, 11) is 1.57. The van der Waals surface area contributed by atoms with E-state index in [1.165, 1.54) is 5.71 Å². The number of carbonyl (C=O) groups excluding carboxylic acids is 1. The second-order valence-electron chi connectivity index (χ2n) is 5.72. The van der Waals surface area contributed by atoms with E-state index in [4.69, 9.17) is 4.74 Å². The first kappa shape index (κ1) is 18.8. The maximum absolute atomic E-state index is 12.7. The van der Waals surface area contributed by atoms with Crippen molar-refractivity contribution in [3.05, 3.63) is 35.9 Å². The molecular weight excluding hydrogens is 390 g/mol. The van der Waals surface area contributed by atoms with Gasteiger partial charge in [-0.05, 0) is 13.0 Å². The number of halogens is 1. The van der Waals surface area contributed by atoms with Gasteiger partial charge in [0.25, 0.3) is 0 Å². The van der Waals surface area contributed by atoms with Crippen LogP contribution >= 0.6 is 11.8 Å². The molecule has 2 aromatic rings. The third-order valence-electron chi connectivity index (χ3n) is 4.40. The van der Waals surface area contributed by atoms with E-state index in [9.17, 15) is 9.90 Å². The number of hydrogen-bond acceptors (Lipinski definition) is 4. The number of aromatic hydroxyl groups is 1. The molecule has 4 nitrogen and oxygen atoms in total. The van der Waals surface area contributed by atoms with Crippen LogP contribution in [-0.4, -0.2) is 46.0 Å². The van der Waals surface area contributed by atoms with Crippen LogP contribution in [0.1, 0.15) is 24.2 Å². The van der Waals surface area contributed by atoms with E-state index in [1.54, 1.807) is 19.2 Å². The maximum Gasteiger partial charge on any atom is 0.230 e. The second-order valence-corrected chi connectivity index (χ2v) is 7.02. The molecule has 0 spiro atoms. The molecule has 24 heavy (non-hydrogen) atoms. The van der Waals surface area contributed by atoms with E-state index < -0.39 is 0 Å². The summed E-state index contributed by atoms with van der Waals surface area (Å²) in [6, 6.07) is 9.04. The fraction of sp³-hybridized carbons (Fsp3) is 0.333. The monoisotopic (exact) mass is 409 g/mol. The van der Waals surface area contributed by atoms with Crippen molar-refractivity contribution < 1.29 is 36.2 Å². The molecule has 1 atom stereocenters.